The van der Waals surface area contributed by atoms with Crippen LogP contribution in [0, 0.1) is 0 Å². The number of benzene rings is 3. The SMILES string of the molecule is BC1CCC(c2ccc(-c3cc(P)c(OCS(=O)(=O)c4ccc(Br)cc4)c(P)c3)cc2)CC1. The lowest BCUT2D eigenvalue weighted by atomic mass is 9.70. The van der Waals surface area contributed by atoms with Crippen molar-refractivity contribution in [1.82, 2.24) is 0 Å². The van der Waals surface area contributed by atoms with E-state index in [-0.39, 0.29) is 4.90 Å². The van der Waals surface area contributed by atoms with E-state index in [2.05, 4.69) is 66.5 Å². The van der Waals surface area contributed by atoms with Gasteiger partial charge in [-0.25, -0.2) is 8.42 Å². The molecule has 3 aromatic carbocycles. The molecule has 0 bridgehead atoms. The largest absolute Gasteiger partial charge is 0.476 e. The fraction of sp³-hybridized carbons (Fsp3) is 0.280. The van der Waals surface area contributed by atoms with Crippen molar-refractivity contribution in [2.45, 2.75) is 42.3 Å². The summed E-state index contributed by atoms with van der Waals surface area (Å²) in [5.74, 6) is 1.67. The third-order valence-corrected chi connectivity index (χ3v) is 9.21. The fourth-order valence-corrected chi connectivity index (χ4v) is 6.65. The van der Waals surface area contributed by atoms with Crippen LogP contribution < -0.4 is 15.3 Å². The molecule has 8 heteroatoms. The molecule has 0 aliphatic heterocycles. The van der Waals surface area contributed by atoms with Gasteiger partial charge in [-0.15, -0.1) is 18.5 Å². The molecule has 4 rings (SSSR count). The smallest absolute Gasteiger partial charge is 0.213 e. The molecule has 3 nitrogen and oxygen atoms in total. The van der Waals surface area contributed by atoms with Crippen molar-refractivity contribution in [3.63, 3.8) is 0 Å². The molecule has 1 aliphatic carbocycles. The summed E-state index contributed by atoms with van der Waals surface area (Å²) in [6, 6.07) is 19.5. The zero-order chi connectivity index (χ0) is 23.6. The van der Waals surface area contributed by atoms with Gasteiger partial charge in [-0.1, -0.05) is 58.9 Å². The molecule has 172 valence electrons. The molecule has 33 heavy (non-hydrogen) atoms. The summed E-state index contributed by atoms with van der Waals surface area (Å²) in [6.45, 7) is 0. The maximum absolute atomic E-state index is 12.7. The van der Waals surface area contributed by atoms with Gasteiger partial charge < -0.3 is 4.74 Å². The van der Waals surface area contributed by atoms with Crippen LogP contribution in [-0.2, 0) is 9.84 Å². The standard InChI is InChI=1S/C25H28BBrO3P2S/c26-20-7-5-17(6-8-20)16-1-3-18(4-2-16)19-13-23(31)25(24(32)14-19)30-15-33(28,29)22-11-9-21(27)10-12-22/h1-4,9-14,17,20H,5-8,15,26,31-32H2. The minimum Gasteiger partial charge on any atom is -0.476 e. The highest BCUT2D eigenvalue weighted by atomic mass is 79.9. The van der Waals surface area contributed by atoms with Crippen LogP contribution in [0.25, 0.3) is 11.1 Å². The van der Waals surface area contributed by atoms with Gasteiger partial charge in [0, 0.05) is 15.1 Å². The van der Waals surface area contributed by atoms with Gasteiger partial charge in [0.15, 0.2) is 5.94 Å². The van der Waals surface area contributed by atoms with Crippen molar-refractivity contribution in [1.29, 1.82) is 0 Å². The predicted octanol–water partition coefficient (Wildman–Crippen LogP) is 5.01. The topological polar surface area (TPSA) is 43.4 Å². The lowest BCUT2D eigenvalue weighted by molar-refractivity contribution is 0.383. The highest BCUT2D eigenvalue weighted by Crippen LogP contribution is 2.37. The predicted molar refractivity (Wildman–Crippen MR) is 151 cm³/mol. The maximum atomic E-state index is 12.7. The van der Waals surface area contributed by atoms with Crippen LogP contribution in [0.5, 0.6) is 5.75 Å². The average molecular weight is 561 g/mol. The minimum atomic E-state index is -3.55. The first kappa shape index (κ1) is 24.9. The summed E-state index contributed by atoms with van der Waals surface area (Å²) in [6.07, 6.45) is 5.19. The maximum Gasteiger partial charge on any atom is 0.213 e. The Morgan fingerprint density at radius 1 is 0.879 bits per heavy atom. The Hall–Kier alpha value is -1.19. The van der Waals surface area contributed by atoms with Crippen molar-refractivity contribution in [3.8, 4) is 16.9 Å². The van der Waals surface area contributed by atoms with Gasteiger partial charge in [-0.3, -0.25) is 0 Å². The van der Waals surface area contributed by atoms with E-state index in [1.807, 2.05) is 12.1 Å². The van der Waals surface area contributed by atoms with Gasteiger partial charge in [0.2, 0.25) is 9.84 Å². The van der Waals surface area contributed by atoms with E-state index in [0.29, 0.717) is 11.7 Å². The van der Waals surface area contributed by atoms with Gasteiger partial charge in [-0.2, -0.15) is 0 Å². The van der Waals surface area contributed by atoms with Crippen LogP contribution in [-0.4, -0.2) is 22.2 Å². The van der Waals surface area contributed by atoms with Gasteiger partial charge in [-0.05, 0) is 71.8 Å². The third kappa shape index (κ3) is 6.09. The van der Waals surface area contributed by atoms with E-state index in [9.17, 15) is 8.42 Å². The molecular formula is C25H28BBrO3P2S. The summed E-state index contributed by atoms with van der Waals surface area (Å²) in [5.41, 5.74) is 3.65. The quantitative estimate of drug-likeness (QED) is 0.314. The van der Waals surface area contributed by atoms with Crippen LogP contribution in [0.3, 0.4) is 0 Å². The van der Waals surface area contributed by atoms with Crippen LogP contribution >= 0.6 is 34.4 Å². The van der Waals surface area contributed by atoms with Crippen LogP contribution in [0.1, 0.15) is 37.2 Å². The molecule has 1 fully saturated rings. The molecular weight excluding hydrogens is 533 g/mol. The minimum absolute atomic E-state index is 0.241. The first-order valence-corrected chi connectivity index (χ1v) is 14.7. The van der Waals surface area contributed by atoms with E-state index in [0.717, 1.165) is 32.0 Å². The summed E-state index contributed by atoms with van der Waals surface area (Å²) in [5, 5.41) is 1.66. The van der Waals surface area contributed by atoms with Gasteiger partial charge >= 0.3 is 0 Å². The summed E-state index contributed by atoms with van der Waals surface area (Å²) in [4.78, 5) is 0.241. The molecule has 0 spiro atoms. The molecule has 0 radical (unpaired) electrons. The Morgan fingerprint density at radius 2 is 1.45 bits per heavy atom. The van der Waals surface area contributed by atoms with Crippen molar-refractivity contribution in [2.24, 2.45) is 0 Å². The number of rotatable bonds is 6. The zero-order valence-corrected chi connectivity index (χ0v) is 23.3. The van der Waals surface area contributed by atoms with Gasteiger partial charge in [0.25, 0.3) is 0 Å². The third-order valence-electron chi connectivity index (χ3n) is 6.41. The van der Waals surface area contributed by atoms with Crippen molar-refractivity contribution < 1.29 is 13.2 Å². The molecule has 0 saturated heterocycles. The Morgan fingerprint density at radius 3 is 2.03 bits per heavy atom. The summed E-state index contributed by atoms with van der Waals surface area (Å²) >= 11 is 3.33. The Bertz CT molecular complexity index is 1200. The molecule has 0 aromatic heterocycles. The molecule has 0 N–H and O–H groups in total. The Labute approximate surface area is 211 Å². The van der Waals surface area contributed by atoms with E-state index in [1.165, 1.54) is 31.2 Å². The molecule has 1 saturated carbocycles. The van der Waals surface area contributed by atoms with Gasteiger partial charge in [0.1, 0.15) is 13.6 Å². The van der Waals surface area contributed by atoms with E-state index < -0.39 is 15.8 Å². The van der Waals surface area contributed by atoms with E-state index >= 15 is 0 Å². The molecule has 2 atom stereocenters. The van der Waals surface area contributed by atoms with E-state index in [1.54, 1.807) is 24.3 Å². The lowest BCUT2D eigenvalue weighted by Gasteiger charge is -2.26. The Balaban J connectivity index is 1.48. The molecule has 0 amide bonds. The van der Waals surface area contributed by atoms with Crippen molar-refractivity contribution in [2.75, 3.05) is 5.94 Å². The Kier molecular flexibility index (Phi) is 8.01. The second kappa shape index (κ2) is 10.6. The number of ether oxygens (including phenoxy) is 1. The zero-order valence-electron chi connectivity index (χ0n) is 18.6. The average Bonchev–Trinajstić information content (AvgIpc) is 2.79. The number of hydrogen-bond donors (Lipinski definition) is 0. The van der Waals surface area contributed by atoms with Crippen molar-refractivity contribution >= 4 is 62.7 Å². The lowest BCUT2D eigenvalue weighted by Crippen LogP contribution is -2.18. The normalized spacial score (nSPS) is 18.8. The van der Waals surface area contributed by atoms with Crippen LogP contribution in [0.15, 0.2) is 70.0 Å². The summed E-state index contributed by atoms with van der Waals surface area (Å²) in [7, 11) is 4.15. The summed E-state index contributed by atoms with van der Waals surface area (Å²) < 4.78 is 31.9. The van der Waals surface area contributed by atoms with E-state index in [4.69, 9.17) is 4.74 Å². The number of sulfone groups is 1. The first-order valence-electron chi connectivity index (χ1n) is 11.1. The monoisotopic (exact) mass is 560 g/mol. The highest BCUT2D eigenvalue weighted by molar-refractivity contribution is 9.10. The number of halogens is 1. The first-order chi connectivity index (χ1) is 15.7. The fourth-order valence-electron chi connectivity index (χ4n) is 4.40. The molecule has 2 unspecified atom stereocenters. The molecule has 3 aromatic rings. The van der Waals surface area contributed by atoms with Crippen LogP contribution in [0.4, 0.5) is 0 Å². The van der Waals surface area contributed by atoms with Crippen LogP contribution in [0.2, 0.25) is 5.82 Å². The molecule has 1 aliphatic rings. The number of hydrogen-bond acceptors (Lipinski definition) is 3. The second-order valence-electron chi connectivity index (χ2n) is 8.89. The second-order valence-corrected chi connectivity index (χ2v) is 13.0. The van der Waals surface area contributed by atoms with Crippen molar-refractivity contribution in [3.05, 3.63) is 70.7 Å². The highest BCUT2D eigenvalue weighted by Gasteiger charge is 2.20. The van der Waals surface area contributed by atoms with Gasteiger partial charge in [0.05, 0.1) is 4.90 Å². The molecule has 0 heterocycles.